The van der Waals surface area contributed by atoms with Crippen LogP contribution in [0.5, 0.6) is 0 Å². The highest BCUT2D eigenvalue weighted by Crippen LogP contribution is 2.25. The van der Waals surface area contributed by atoms with Crippen LogP contribution in [0.4, 0.5) is 10.1 Å². The van der Waals surface area contributed by atoms with Gasteiger partial charge in [0.1, 0.15) is 5.82 Å². The van der Waals surface area contributed by atoms with E-state index >= 15 is 0 Å². The standard InChI is InChI=1S/C17H29FN2/c1-4-7-12-20(13-8-5-2)17-15(14-19-6-3)10-9-11-16(17)18/h9-11,19H,4-8,12-14H2,1-3H3. The SMILES string of the molecule is CCCCN(CCCC)c1c(F)cccc1CNCC. The fraction of sp³-hybridized carbons (Fsp3) is 0.647. The van der Waals surface area contributed by atoms with Gasteiger partial charge in [0.25, 0.3) is 0 Å². The smallest absolute Gasteiger partial charge is 0.146 e. The summed E-state index contributed by atoms with van der Waals surface area (Å²) in [6, 6.07) is 5.42. The van der Waals surface area contributed by atoms with E-state index in [1.807, 2.05) is 12.1 Å². The number of rotatable bonds is 10. The third kappa shape index (κ3) is 5.12. The number of para-hydroxylation sites is 1. The maximum Gasteiger partial charge on any atom is 0.146 e. The molecule has 1 rings (SSSR count). The Hall–Kier alpha value is -1.09. The van der Waals surface area contributed by atoms with Crippen molar-refractivity contribution in [2.24, 2.45) is 0 Å². The first kappa shape index (κ1) is 17.0. The number of benzene rings is 1. The predicted molar refractivity (Wildman–Crippen MR) is 85.8 cm³/mol. The minimum Gasteiger partial charge on any atom is -0.369 e. The predicted octanol–water partition coefficient (Wildman–Crippen LogP) is 4.34. The lowest BCUT2D eigenvalue weighted by Crippen LogP contribution is -2.28. The van der Waals surface area contributed by atoms with Crippen molar-refractivity contribution >= 4 is 5.69 Å². The van der Waals surface area contributed by atoms with E-state index in [2.05, 4.69) is 31.0 Å². The summed E-state index contributed by atoms with van der Waals surface area (Å²) in [6.07, 6.45) is 4.50. The molecule has 0 radical (unpaired) electrons. The van der Waals surface area contributed by atoms with Crippen molar-refractivity contribution in [3.05, 3.63) is 29.6 Å². The van der Waals surface area contributed by atoms with E-state index < -0.39 is 0 Å². The van der Waals surface area contributed by atoms with Gasteiger partial charge < -0.3 is 10.2 Å². The average Bonchev–Trinajstić information content (AvgIpc) is 2.46. The van der Waals surface area contributed by atoms with Crippen molar-refractivity contribution in [3.8, 4) is 0 Å². The highest BCUT2D eigenvalue weighted by Gasteiger charge is 2.15. The zero-order valence-corrected chi connectivity index (χ0v) is 13.2. The summed E-state index contributed by atoms with van der Waals surface area (Å²) in [7, 11) is 0. The monoisotopic (exact) mass is 280 g/mol. The second kappa shape index (κ2) is 9.76. The lowest BCUT2D eigenvalue weighted by Gasteiger charge is -2.27. The summed E-state index contributed by atoms with van der Waals surface area (Å²) < 4.78 is 14.3. The second-order valence-electron chi connectivity index (χ2n) is 5.22. The normalized spacial score (nSPS) is 10.8. The molecule has 1 N–H and O–H groups in total. The van der Waals surface area contributed by atoms with E-state index in [0.717, 1.165) is 63.1 Å². The van der Waals surface area contributed by atoms with E-state index in [1.54, 1.807) is 6.07 Å². The van der Waals surface area contributed by atoms with Crippen LogP contribution in [0.25, 0.3) is 0 Å². The summed E-state index contributed by atoms with van der Waals surface area (Å²) in [5.41, 5.74) is 1.87. The van der Waals surface area contributed by atoms with Crippen molar-refractivity contribution in [3.63, 3.8) is 0 Å². The molecule has 0 fully saturated rings. The molecule has 1 aromatic rings. The molecule has 0 heterocycles. The number of hydrogen-bond donors (Lipinski definition) is 1. The molecule has 2 nitrogen and oxygen atoms in total. The fourth-order valence-electron chi connectivity index (χ4n) is 2.35. The molecule has 1 aromatic carbocycles. The highest BCUT2D eigenvalue weighted by atomic mass is 19.1. The van der Waals surface area contributed by atoms with Crippen LogP contribution in [0.15, 0.2) is 18.2 Å². The van der Waals surface area contributed by atoms with E-state index in [9.17, 15) is 4.39 Å². The lowest BCUT2D eigenvalue weighted by atomic mass is 10.1. The molecule has 0 unspecified atom stereocenters. The van der Waals surface area contributed by atoms with Gasteiger partial charge in [0, 0.05) is 19.6 Å². The molecule has 0 saturated carbocycles. The Kier molecular flexibility index (Phi) is 8.28. The molecule has 0 spiro atoms. The first-order chi connectivity index (χ1) is 9.74. The molecular formula is C17H29FN2. The molecule has 0 aliphatic rings. The molecule has 0 atom stereocenters. The van der Waals surface area contributed by atoms with Crippen molar-refractivity contribution < 1.29 is 4.39 Å². The zero-order chi connectivity index (χ0) is 14.8. The Morgan fingerprint density at radius 3 is 2.25 bits per heavy atom. The molecule has 0 aliphatic carbocycles. The minimum absolute atomic E-state index is 0.0902. The van der Waals surface area contributed by atoms with Crippen LogP contribution in [0.1, 0.15) is 52.0 Å². The Morgan fingerprint density at radius 1 is 1.05 bits per heavy atom. The van der Waals surface area contributed by atoms with Crippen LogP contribution in [-0.2, 0) is 6.54 Å². The third-order valence-corrected chi connectivity index (χ3v) is 3.52. The van der Waals surface area contributed by atoms with E-state index in [-0.39, 0.29) is 5.82 Å². The summed E-state index contributed by atoms with van der Waals surface area (Å²) in [4.78, 5) is 2.23. The van der Waals surface area contributed by atoms with E-state index in [1.165, 1.54) is 0 Å². The Bertz CT molecular complexity index is 371. The van der Waals surface area contributed by atoms with Crippen LogP contribution >= 0.6 is 0 Å². The molecule has 20 heavy (non-hydrogen) atoms. The maximum absolute atomic E-state index is 14.3. The summed E-state index contributed by atoms with van der Waals surface area (Å²) >= 11 is 0. The van der Waals surface area contributed by atoms with Gasteiger partial charge in [0.05, 0.1) is 5.69 Å². The first-order valence-electron chi connectivity index (χ1n) is 7.97. The minimum atomic E-state index is -0.0902. The van der Waals surface area contributed by atoms with Gasteiger partial charge in [-0.15, -0.1) is 0 Å². The number of anilines is 1. The van der Waals surface area contributed by atoms with Crippen LogP contribution in [0, 0.1) is 5.82 Å². The van der Waals surface area contributed by atoms with Crippen LogP contribution in [0.3, 0.4) is 0 Å². The Balaban J connectivity index is 2.95. The number of nitrogens with one attached hydrogen (secondary N) is 1. The van der Waals surface area contributed by atoms with E-state index in [4.69, 9.17) is 0 Å². The molecular weight excluding hydrogens is 251 g/mol. The van der Waals surface area contributed by atoms with Gasteiger partial charge in [-0.3, -0.25) is 0 Å². The molecule has 0 bridgehead atoms. The van der Waals surface area contributed by atoms with E-state index in [0.29, 0.717) is 0 Å². The number of halogens is 1. The van der Waals surface area contributed by atoms with Crippen molar-refractivity contribution in [1.29, 1.82) is 0 Å². The quantitative estimate of drug-likeness (QED) is 0.686. The van der Waals surface area contributed by atoms with Gasteiger partial charge in [-0.2, -0.15) is 0 Å². The van der Waals surface area contributed by atoms with Gasteiger partial charge in [0.2, 0.25) is 0 Å². The molecule has 3 heteroatoms. The van der Waals surface area contributed by atoms with Gasteiger partial charge in [0.15, 0.2) is 0 Å². The Labute approximate surface area is 123 Å². The molecule has 114 valence electrons. The number of unbranched alkanes of at least 4 members (excludes halogenated alkanes) is 2. The average molecular weight is 280 g/mol. The molecule has 0 aliphatic heterocycles. The van der Waals surface area contributed by atoms with Crippen LogP contribution in [-0.4, -0.2) is 19.6 Å². The van der Waals surface area contributed by atoms with Gasteiger partial charge in [-0.1, -0.05) is 45.7 Å². The second-order valence-corrected chi connectivity index (χ2v) is 5.22. The van der Waals surface area contributed by atoms with Crippen molar-refractivity contribution in [2.75, 3.05) is 24.5 Å². The summed E-state index contributed by atoms with van der Waals surface area (Å²) in [5, 5.41) is 3.31. The number of hydrogen-bond acceptors (Lipinski definition) is 2. The van der Waals surface area contributed by atoms with Crippen molar-refractivity contribution in [1.82, 2.24) is 5.32 Å². The molecule has 0 saturated heterocycles. The highest BCUT2D eigenvalue weighted by molar-refractivity contribution is 5.55. The largest absolute Gasteiger partial charge is 0.369 e. The summed E-state index contributed by atoms with van der Waals surface area (Å²) in [6.45, 7) is 9.95. The Morgan fingerprint density at radius 2 is 1.70 bits per heavy atom. The fourth-order valence-corrected chi connectivity index (χ4v) is 2.35. The van der Waals surface area contributed by atoms with Crippen LogP contribution < -0.4 is 10.2 Å². The van der Waals surface area contributed by atoms with Gasteiger partial charge in [-0.25, -0.2) is 4.39 Å². The molecule has 0 aromatic heterocycles. The summed E-state index contributed by atoms with van der Waals surface area (Å²) in [5.74, 6) is -0.0902. The maximum atomic E-state index is 14.3. The number of nitrogens with zero attached hydrogens (tertiary/aromatic N) is 1. The van der Waals surface area contributed by atoms with Gasteiger partial charge in [-0.05, 0) is 31.0 Å². The molecule has 0 amide bonds. The van der Waals surface area contributed by atoms with Gasteiger partial charge >= 0.3 is 0 Å². The topological polar surface area (TPSA) is 15.3 Å². The van der Waals surface area contributed by atoms with Crippen molar-refractivity contribution in [2.45, 2.75) is 53.0 Å². The zero-order valence-electron chi connectivity index (χ0n) is 13.2. The lowest BCUT2D eigenvalue weighted by molar-refractivity contribution is 0.597. The third-order valence-electron chi connectivity index (χ3n) is 3.52. The first-order valence-corrected chi connectivity index (χ1v) is 7.97. The van der Waals surface area contributed by atoms with Crippen LogP contribution in [0.2, 0.25) is 0 Å².